The standard InChI is InChI=1S/C22H26N4OS/c1-5-16-8-6-7-9-19(16)23-20(27)14-28-22-25-24-21(26(22)4)18-12-10-17(11-13-18)15(2)3/h6-13,15H,5,14H2,1-4H3,(H,23,27). The Balaban J connectivity index is 1.65. The van der Waals surface area contributed by atoms with Crippen LogP contribution < -0.4 is 5.32 Å². The van der Waals surface area contributed by atoms with E-state index in [4.69, 9.17) is 0 Å². The molecule has 28 heavy (non-hydrogen) atoms. The number of amides is 1. The summed E-state index contributed by atoms with van der Waals surface area (Å²) in [5, 5.41) is 12.3. The average molecular weight is 395 g/mol. The second-order valence-corrected chi connectivity index (χ2v) is 7.93. The van der Waals surface area contributed by atoms with Crippen molar-refractivity contribution >= 4 is 23.4 Å². The van der Waals surface area contributed by atoms with Gasteiger partial charge in [-0.3, -0.25) is 4.79 Å². The first-order valence-corrected chi connectivity index (χ1v) is 10.5. The highest BCUT2D eigenvalue weighted by atomic mass is 32.2. The van der Waals surface area contributed by atoms with Gasteiger partial charge in [-0.2, -0.15) is 0 Å². The number of anilines is 1. The molecule has 0 aliphatic carbocycles. The van der Waals surface area contributed by atoms with Crippen molar-refractivity contribution in [3.63, 3.8) is 0 Å². The van der Waals surface area contributed by atoms with Gasteiger partial charge < -0.3 is 9.88 Å². The van der Waals surface area contributed by atoms with Gasteiger partial charge in [0.15, 0.2) is 11.0 Å². The van der Waals surface area contributed by atoms with Gasteiger partial charge in [0.2, 0.25) is 5.91 Å². The molecule has 0 saturated heterocycles. The lowest BCUT2D eigenvalue weighted by molar-refractivity contribution is -0.113. The minimum atomic E-state index is -0.0447. The molecule has 6 heteroatoms. The topological polar surface area (TPSA) is 59.8 Å². The minimum absolute atomic E-state index is 0.0447. The van der Waals surface area contributed by atoms with Gasteiger partial charge in [-0.15, -0.1) is 10.2 Å². The number of aryl methyl sites for hydroxylation is 1. The summed E-state index contributed by atoms with van der Waals surface area (Å²) in [4.78, 5) is 12.4. The van der Waals surface area contributed by atoms with E-state index in [9.17, 15) is 4.79 Å². The molecule has 5 nitrogen and oxygen atoms in total. The molecule has 0 fully saturated rings. The van der Waals surface area contributed by atoms with Crippen LogP contribution in [-0.4, -0.2) is 26.4 Å². The van der Waals surface area contributed by atoms with E-state index in [0.29, 0.717) is 5.92 Å². The first-order chi connectivity index (χ1) is 13.5. The van der Waals surface area contributed by atoms with Crippen LogP contribution in [0.4, 0.5) is 5.69 Å². The normalized spacial score (nSPS) is 11.0. The maximum absolute atomic E-state index is 12.4. The third-order valence-corrected chi connectivity index (χ3v) is 5.70. The second kappa shape index (κ2) is 9.06. The lowest BCUT2D eigenvalue weighted by Gasteiger charge is -2.09. The molecular formula is C22H26N4OS. The molecule has 0 saturated carbocycles. The van der Waals surface area contributed by atoms with Crippen LogP contribution in [0.3, 0.4) is 0 Å². The molecule has 0 aliphatic heterocycles. The van der Waals surface area contributed by atoms with E-state index in [1.165, 1.54) is 17.3 Å². The summed E-state index contributed by atoms with van der Waals surface area (Å²) < 4.78 is 1.93. The third kappa shape index (κ3) is 4.62. The Labute approximate surface area is 170 Å². The molecule has 146 valence electrons. The largest absolute Gasteiger partial charge is 0.325 e. The molecule has 1 aromatic heterocycles. The van der Waals surface area contributed by atoms with Crippen molar-refractivity contribution < 1.29 is 4.79 Å². The fourth-order valence-electron chi connectivity index (χ4n) is 2.98. The zero-order valence-electron chi connectivity index (χ0n) is 16.8. The zero-order valence-corrected chi connectivity index (χ0v) is 17.6. The number of hydrogen-bond acceptors (Lipinski definition) is 4. The Hall–Kier alpha value is -2.60. The number of carbonyl (C=O) groups excluding carboxylic acids is 1. The number of aromatic nitrogens is 3. The Bertz CT molecular complexity index is 947. The van der Waals surface area contributed by atoms with Crippen LogP contribution in [0.1, 0.15) is 37.8 Å². The van der Waals surface area contributed by atoms with Gasteiger partial charge in [-0.1, -0.05) is 75.0 Å². The number of benzene rings is 2. The molecule has 3 aromatic rings. The van der Waals surface area contributed by atoms with Crippen molar-refractivity contribution in [1.29, 1.82) is 0 Å². The molecule has 0 spiro atoms. The van der Waals surface area contributed by atoms with Gasteiger partial charge in [0.1, 0.15) is 0 Å². The van der Waals surface area contributed by atoms with E-state index >= 15 is 0 Å². The molecule has 1 N–H and O–H groups in total. The molecule has 0 aliphatic rings. The quantitative estimate of drug-likeness (QED) is 0.579. The van der Waals surface area contributed by atoms with Crippen LogP contribution in [0.5, 0.6) is 0 Å². The smallest absolute Gasteiger partial charge is 0.234 e. The van der Waals surface area contributed by atoms with Crippen LogP contribution >= 0.6 is 11.8 Å². The first-order valence-electron chi connectivity index (χ1n) is 9.49. The number of carbonyl (C=O) groups is 1. The number of thioether (sulfide) groups is 1. The summed E-state index contributed by atoms with van der Waals surface area (Å²) >= 11 is 1.39. The van der Waals surface area contributed by atoms with Crippen LogP contribution in [0.2, 0.25) is 0 Å². The fourth-order valence-corrected chi connectivity index (χ4v) is 3.69. The molecule has 0 bridgehead atoms. The third-order valence-electron chi connectivity index (χ3n) is 4.68. The summed E-state index contributed by atoms with van der Waals surface area (Å²) in [6.45, 7) is 6.43. The maximum Gasteiger partial charge on any atom is 0.234 e. The SMILES string of the molecule is CCc1ccccc1NC(=O)CSc1nnc(-c2ccc(C(C)C)cc2)n1C. The number of rotatable bonds is 7. The Morgan fingerprint density at radius 2 is 1.82 bits per heavy atom. The van der Waals surface area contributed by atoms with Crippen molar-refractivity contribution in [2.24, 2.45) is 7.05 Å². The molecule has 1 heterocycles. The molecule has 0 radical (unpaired) electrons. The van der Waals surface area contributed by atoms with E-state index in [2.05, 4.69) is 60.6 Å². The monoisotopic (exact) mass is 394 g/mol. The predicted molar refractivity (Wildman–Crippen MR) is 116 cm³/mol. The molecular weight excluding hydrogens is 368 g/mol. The van der Waals surface area contributed by atoms with Crippen molar-refractivity contribution in [1.82, 2.24) is 14.8 Å². The second-order valence-electron chi connectivity index (χ2n) is 6.99. The van der Waals surface area contributed by atoms with E-state index in [1.807, 2.05) is 35.9 Å². The van der Waals surface area contributed by atoms with E-state index in [0.717, 1.165) is 34.2 Å². The lowest BCUT2D eigenvalue weighted by atomic mass is 10.0. The first kappa shape index (κ1) is 20.1. The van der Waals surface area contributed by atoms with Crippen molar-refractivity contribution in [2.45, 2.75) is 38.3 Å². The summed E-state index contributed by atoms with van der Waals surface area (Å²) in [5.74, 6) is 1.54. The maximum atomic E-state index is 12.4. The molecule has 3 rings (SSSR count). The van der Waals surface area contributed by atoms with Gasteiger partial charge in [-0.05, 0) is 29.5 Å². The zero-order chi connectivity index (χ0) is 20.1. The van der Waals surface area contributed by atoms with Gasteiger partial charge in [-0.25, -0.2) is 0 Å². The predicted octanol–water partition coefficient (Wildman–Crippen LogP) is 4.90. The molecule has 0 atom stereocenters. The summed E-state index contributed by atoms with van der Waals surface area (Å²) in [5.41, 5.74) is 4.32. The van der Waals surface area contributed by atoms with E-state index in [-0.39, 0.29) is 11.7 Å². The van der Waals surface area contributed by atoms with Crippen molar-refractivity contribution in [2.75, 3.05) is 11.1 Å². The van der Waals surface area contributed by atoms with E-state index < -0.39 is 0 Å². The molecule has 2 aromatic carbocycles. The number of hydrogen-bond donors (Lipinski definition) is 1. The number of nitrogens with zero attached hydrogens (tertiary/aromatic N) is 3. The van der Waals surface area contributed by atoms with Gasteiger partial charge in [0.25, 0.3) is 0 Å². The van der Waals surface area contributed by atoms with Crippen LogP contribution in [-0.2, 0) is 18.3 Å². The van der Waals surface area contributed by atoms with E-state index in [1.54, 1.807) is 0 Å². The minimum Gasteiger partial charge on any atom is -0.325 e. The highest BCUT2D eigenvalue weighted by Gasteiger charge is 2.14. The number of nitrogens with one attached hydrogen (secondary N) is 1. The Morgan fingerprint density at radius 3 is 2.50 bits per heavy atom. The summed E-state index contributed by atoms with van der Waals surface area (Å²) in [6, 6.07) is 16.3. The Kier molecular flexibility index (Phi) is 6.52. The summed E-state index contributed by atoms with van der Waals surface area (Å²) in [6.07, 6.45) is 0.881. The highest BCUT2D eigenvalue weighted by molar-refractivity contribution is 7.99. The van der Waals surface area contributed by atoms with Gasteiger partial charge in [0.05, 0.1) is 5.75 Å². The lowest BCUT2D eigenvalue weighted by Crippen LogP contribution is -2.15. The Morgan fingerprint density at radius 1 is 1.11 bits per heavy atom. The van der Waals surface area contributed by atoms with Gasteiger partial charge in [0, 0.05) is 18.3 Å². The fraction of sp³-hybridized carbons (Fsp3) is 0.318. The van der Waals surface area contributed by atoms with Crippen LogP contribution in [0.15, 0.2) is 53.7 Å². The van der Waals surface area contributed by atoms with Crippen molar-refractivity contribution in [3.8, 4) is 11.4 Å². The molecule has 0 unspecified atom stereocenters. The van der Waals surface area contributed by atoms with Crippen LogP contribution in [0.25, 0.3) is 11.4 Å². The summed E-state index contributed by atoms with van der Waals surface area (Å²) in [7, 11) is 1.93. The highest BCUT2D eigenvalue weighted by Crippen LogP contribution is 2.25. The number of para-hydroxylation sites is 1. The van der Waals surface area contributed by atoms with Crippen LogP contribution in [0, 0.1) is 0 Å². The van der Waals surface area contributed by atoms with Crippen molar-refractivity contribution in [3.05, 3.63) is 59.7 Å². The van der Waals surface area contributed by atoms with Gasteiger partial charge >= 0.3 is 0 Å². The average Bonchev–Trinajstić information content (AvgIpc) is 3.07. The molecule has 1 amide bonds.